The van der Waals surface area contributed by atoms with Crippen LogP contribution in [0.5, 0.6) is 5.75 Å². The zero-order valence-corrected chi connectivity index (χ0v) is 14.0. The topological polar surface area (TPSA) is 77.4 Å². The molecule has 0 radical (unpaired) electrons. The molecule has 128 valence electrons. The van der Waals surface area contributed by atoms with Crippen molar-refractivity contribution in [3.05, 3.63) is 51.4 Å². The second-order valence-electron chi connectivity index (χ2n) is 5.50. The zero-order chi connectivity index (χ0) is 16.9. The molecule has 0 saturated carbocycles. The van der Waals surface area contributed by atoms with Crippen molar-refractivity contribution in [2.24, 2.45) is 0 Å². The van der Waals surface area contributed by atoms with Crippen molar-refractivity contribution in [2.75, 3.05) is 25.6 Å². The van der Waals surface area contributed by atoms with Crippen LogP contribution in [0.1, 0.15) is 23.7 Å². The Kier molecular flexibility index (Phi) is 5.00. The first kappa shape index (κ1) is 16.3. The van der Waals surface area contributed by atoms with Crippen LogP contribution in [-0.4, -0.2) is 30.0 Å². The van der Waals surface area contributed by atoms with E-state index in [1.165, 1.54) is 11.8 Å². The Morgan fingerprint density at radius 1 is 1.33 bits per heavy atom. The van der Waals surface area contributed by atoms with Crippen LogP contribution < -0.4 is 25.8 Å². The molecule has 1 aromatic carbocycles. The SMILES string of the molecule is CCOc1ccc(CNc2nc3c(c(=O)n2OC)CNCC3)cc1. The highest BCUT2D eigenvalue weighted by molar-refractivity contribution is 5.35. The molecule has 3 rings (SSSR count). The smallest absolute Gasteiger partial charge is 0.292 e. The van der Waals surface area contributed by atoms with E-state index in [4.69, 9.17) is 9.57 Å². The second-order valence-corrected chi connectivity index (χ2v) is 5.50. The Bertz CT molecular complexity index is 756. The minimum Gasteiger partial charge on any atom is -0.494 e. The van der Waals surface area contributed by atoms with Crippen LogP contribution in [0.15, 0.2) is 29.1 Å². The summed E-state index contributed by atoms with van der Waals surface area (Å²) in [6, 6.07) is 7.82. The maximum atomic E-state index is 12.5. The van der Waals surface area contributed by atoms with Gasteiger partial charge < -0.3 is 20.2 Å². The fourth-order valence-electron chi connectivity index (χ4n) is 2.72. The van der Waals surface area contributed by atoms with Crippen molar-refractivity contribution >= 4 is 5.95 Å². The highest BCUT2D eigenvalue weighted by Gasteiger charge is 2.19. The highest BCUT2D eigenvalue weighted by atomic mass is 16.7. The van der Waals surface area contributed by atoms with E-state index in [9.17, 15) is 4.79 Å². The van der Waals surface area contributed by atoms with Gasteiger partial charge in [0.2, 0.25) is 5.95 Å². The molecular weight excluding hydrogens is 308 g/mol. The minimum atomic E-state index is -0.163. The fourth-order valence-corrected chi connectivity index (χ4v) is 2.72. The maximum Gasteiger partial charge on any atom is 0.292 e. The van der Waals surface area contributed by atoms with Crippen LogP contribution in [-0.2, 0) is 19.5 Å². The molecule has 1 aromatic heterocycles. The first-order chi connectivity index (χ1) is 11.7. The van der Waals surface area contributed by atoms with Crippen LogP contribution in [0.2, 0.25) is 0 Å². The van der Waals surface area contributed by atoms with E-state index in [0.29, 0.717) is 31.2 Å². The minimum absolute atomic E-state index is 0.163. The van der Waals surface area contributed by atoms with E-state index in [2.05, 4.69) is 15.6 Å². The van der Waals surface area contributed by atoms with Crippen LogP contribution in [0.25, 0.3) is 0 Å². The number of nitrogens with one attached hydrogen (secondary N) is 2. The van der Waals surface area contributed by atoms with E-state index in [0.717, 1.165) is 30.0 Å². The highest BCUT2D eigenvalue weighted by Crippen LogP contribution is 2.14. The molecule has 2 aromatic rings. The normalized spacial score (nSPS) is 13.2. The van der Waals surface area contributed by atoms with E-state index in [-0.39, 0.29) is 5.56 Å². The summed E-state index contributed by atoms with van der Waals surface area (Å²) in [6.45, 7) is 4.50. The lowest BCUT2D eigenvalue weighted by Crippen LogP contribution is -2.38. The molecule has 0 saturated heterocycles. The number of rotatable bonds is 6. The van der Waals surface area contributed by atoms with Gasteiger partial charge in [0.05, 0.1) is 17.9 Å². The molecule has 0 aliphatic carbocycles. The second kappa shape index (κ2) is 7.35. The molecule has 0 fully saturated rings. The van der Waals surface area contributed by atoms with Gasteiger partial charge >= 0.3 is 0 Å². The monoisotopic (exact) mass is 330 g/mol. The van der Waals surface area contributed by atoms with Gasteiger partial charge in [-0.3, -0.25) is 4.79 Å². The molecule has 0 unspecified atom stereocenters. The summed E-state index contributed by atoms with van der Waals surface area (Å²) in [6.07, 6.45) is 0.743. The standard InChI is InChI=1S/C17H22N4O3/c1-3-24-13-6-4-12(5-7-13)10-19-17-20-15-8-9-18-11-14(15)16(22)21(17)23-2/h4-7,18H,3,8-11H2,1-2H3,(H,19,20). The summed E-state index contributed by atoms with van der Waals surface area (Å²) >= 11 is 0. The molecule has 1 aliphatic heterocycles. The van der Waals surface area contributed by atoms with Gasteiger partial charge in [0.1, 0.15) is 12.9 Å². The van der Waals surface area contributed by atoms with Gasteiger partial charge in [-0.25, -0.2) is 4.98 Å². The van der Waals surface area contributed by atoms with Gasteiger partial charge in [-0.1, -0.05) is 12.1 Å². The van der Waals surface area contributed by atoms with Gasteiger partial charge in [-0.15, -0.1) is 4.73 Å². The van der Waals surface area contributed by atoms with Crippen molar-refractivity contribution in [3.8, 4) is 5.75 Å². The number of fused-ring (bicyclic) bond motifs is 1. The Labute approximate surface area is 140 Å². The Morgan fingerprint density at radius 3 is 2.83 bits per heavy atom. The molecule has 0 amide bonds. The van der Waals surface area contributed by atoms with Gasteiger partial charge in [0.25, 0.3) is 5.56 Å². The number of hydrogen-bond acceptors (Lipinski definition) is 6. The van der Waals surface area contributed by atoms with E-state index >= 15 is 0 Å². The van der Waals surface area contributed by atoms with Crippen LogP contribution in [0.4, 0.5) is 5.95 Å². The third-order valence-electron chi connectivity index (χ3n) is 3.93. The third-order valence-corrected chi connectivity index (χ3v) is 3.93. The number of hydrogen-bond donors (Lipinski definition) is 2. The molecule has 7 nitrogen and oxygen atoms in total. The summed E-state index contributed by atoms with van der Waals surface area (Å²) in [5, 5.41) is 6.37. The Hall–Kier alpha value is -2.54. The summed E-state index contributed by atoms with van der Waals surface area (Å²) in [7, 11) is 1.47. The number of ether oxygens (including phenoxy) is 1. The lowest BCUT2D eigenvalue weighted by atomic mass is 10.1. The quantitative estimate of drug-likeness (QED) is 0.821. The van der Waals surface area contributed by atoms with E-state index in [1.807, 2.05) is 31.2 Å². The van der Waals surface area contributed by atoms with Crippen LogP contribution in [0, 0.1) is 0 Å². The molecular formula is C17H22N4O3. The molecule has 0 bridgehead atoms. The molecule has 7 heteroatoms. The zero-order valence-electron chi connectivity index (χ0n) is 14.0. The van der Waals surface area contributed by atoms with Gasteiger partial charge in [-0.2, -0.15) is 0 Å². The summed E-state index contributed by atoms with van der Waals surface area (Å²) < 4.78 is 6.64. The third kappa shape index (κ3) is 3.35. The summed E-state index contributed by atoms with van der Waals surface area (Å²) in [5.74, 6) is 1.27. The van der Waals surface area contributed by atoms with Gasteiger partial charge in [-0.05, 0) is 24.6 Å². The predicted molar refractivity (Wildman–Crippen MR) is 91.3 cm³/mol. The summed E-state index contributed by atoms with van der Waals surface area (Å²) in [5.41, 5.74) is 2.41. The lowest BCUT2D eigenvalue weighted by Gasteiger charge is -2.19. The molecule has 1 aliphatic rings. The Balaban J connectivity index is 1.79. The van der Waals surface area contributed by atoms with Crippen molar-refractivity contribution in [1.29, 1.82) is 0 Å². The number of aromatic nitrogens is 2. The average molecular weight is 330 g/mol. The molecule has 2 heterocycles. The lowest BCUT2D eigenvalue weighted by molar-refractivity contribution is 0.157. The summed E-state index contributed by atoms with van der Waals surface area (Å²) in [4.78, 5) is 22.3. The molecule has 2 N–H and O–H groups in total. The van der Waals surface area contributed by atoms with Crippen molar-refractivity contribution in [1.82, 2.24) is 15.0 Å². The van der Waals surface area contributed by atoms with Crippen molar-refractivity contribution < 1.29 is 9.57 Å². The van der Waals surface area contributed by atoms with Gasteiger partial charge in [0.15, 0.2) is 0 Å². The van der Waals surface area contributed by atoms with Crippen molar-refractivity contribution in [3.63, 3.8) is 0 Å². The van der Waals surface area contributed by atoms with Gasteiger partial charge in [0, 0.05) is 26.1 Å². The van der Waals surface area contributed by atoms with Crippen LogP contribution in [0.3, 0.4) is 0 Å². The first-order valence-electron chi connectivity index (χ1n) is 8.08. The van der Waals surface area contributed by atoms with E-state index in [1.54, 1.807) is 0 Å². The predicted octanol–water partition coefficient (Wildman–Crippen LogP) is 0.958. The van der Waals surface area contributed by atoms with Crippen molar-refractivity contribution in [2.45, 2.75) is 26.4 Å². The average Bonchev–Trinajstić information content (AvgIpc) is 2.61. The molecule has 0 atom stereocenters. The number of nitrogens with zero attached hydrogens (tertiary/aromatic N) is 2. The van der Waals surface area contributed by atoms with Crippen LogP contribution >= 0.6 is 0 Å². The number of benzene rings is 1. The Morgan fingerprint density at radius 2 is 2.12 bits per heavy atom. The molecule has 0 spiro atoms. The maximum absolute atomic E-state index is 12.5. The fraction of sp³-hybridized carbons (Fsp3) is 0.412. The number of anilines is 1. The largest absolute Gasteiger partial charge is 0.494 e. The first-order valence-corrected chi connectivity index (χ1v) is 8.08. The van der Waals surface area contributed by atoms with E-state index < -0.39 is 0 Å². The molecule has 24 heavy (non-hydrogen) atoms.